The molecule has 0 heterocycles. The molecule has 0 bridgehead atoms. The highest BCUT2D eigenvalue weighted by Gasteiger charge is 1.92. The van der Waals surface area contributed by atoms with Gasteiger partial charge in [-0.05, 0) is 18.6 Å². The van der Waals surface area contributed by atoms with Crippen LogP contribution in [0.1, 0.15) is 26.2 Å². The maximum absolute atomic E-state index is 5.73. The minimum absolute atomic E-state index is 0.498. The molecule has 3 N–H and O–H groups in total. The molecule has 0 unspecified atom stereocenters. The third-order valence-electron chi connectivity index (χ3n) is 2.09. The summed E-state index contributed by atoms with van der Waals surface area (Å²) >= 11 is 0. The number of nitrogens with two attached hydrogens (primary N) is 1. The van der Waals surface area contributed by atoms with E-state index in [-0.39, 0.29) is 0 Å². The van der Waals surface area contributed by atoms with Gasteiger partial charge in [-0.25, -0.2) is 0 Å². The van der Waals surface area contributed by atoms with Crippen molar-refractivity contribution in [1.29, 1.82) is 0 Å². The zero-order valence-electron chi connectivity index (χ0n) is 9.24. The number of hydrogen-bond donors (Lipinski definition) is 2. The van der Waals surface area contributed by atoms with Gasteiger partial charge in [0.05, 0.1) is 0 Å². The second-order valence-corrected chi connectivity index (χ2v) is 3.47. The molecule has 0 aliphatic heterocycles. The van der Waals surface area contributed by atoms with Crippen LogP contribution in [0.3, 0.4) is 0 Å². The molecule has 0 aliphatic carbocycles. The molecular formula is C12H19N3. The molecule has 0 aromatic heterocycles. The number of aliphatic imine (C=N–C) groups is 1. The van der Waals surface area contributed by atoms with Crippen LogP contribution in [0, 0.1) is 0 Å². The molecule has 1 rings (SSSR count). The highest BCUT2D eigenvalue weighted by molar-refractivity contribution is 5.92. The average Bonchev–Trinajstić information content (AvgIpc) is 2.26. The van der Waals surface area contributed by atoms with Crippen LogP contribution < -0.4 is 11.1 Å². The SMILES string of the molecule is CCCCC/N=C(\N)Nc1ccccc1. The van der Waals surface area contributed by atoms with Crippen LogP contribution >= 0.6 is 0 Å². The van der Waals surface area contributed by atoms with Gasteiger partial charge >= 0.3 is 0 Å². The molecule has 0 amide bonds. The second kappa shape index (κ2) is 6.87. The Morgan fingerprint density at radius 1 is 1.27 bits per heavy atom. The first kappa shape index (κ1) is 11.6. The van der Waals surface area contributed by atoms with Gasteiger partial charge < -0.3 is 11.1 Å². The van der Waals surface area contributed by atoms with Gasteiger partial charge in [0.2, 0.25) is 0 Å². The Labute approximate surface area is 91.4 Å². The van der Waals surface area contributed by atoms with Crippen molar-refractivity contribution in [2.24, 2.45) is 10.7 Å². The van der Waals surface area contributed by atoms with Gasteiger partial charge in [0.15, 0.2) is 5.96 Å². The summed E-state index contributed by atoms with van der Waals surface area (Å²) < 4.78 is 0. The maximum Gasteiger partial charge on any atom is 0.193 e. The molecule has 0 aliphatic rings. The van der Waals surface area contributed by atoms with Crippen LogP contribution in [-0.4, -0.2) is 12.5 Å². The lowest BCUT2D eigenvalue weighted by Crippen LogP contribution is -2.22. The Bertz CT molecular complexity index is 293. The van der Waals surface area contributed by atoms with Crippen LogP contribution in [0.15, 0.2) is 35.3 Å². The average molecular weight is 205 g/mol. The van der Waals surface area contributed by atoms with E-state index in [1.165, 1.54) is 12.8 Å². The molecular weight excluding hydrogens is 186 g/mol. The minimum atomic E-state index is 0.498. The van der Waals surface area contributed by atoms with Crippen LogP contribution in [-0.2, 0) is 0 Å². The van der Waals surface area contributed by atoms with Crippen molar-refractivity contribution in [3.05, 3.63) is 30.3 Å². The number of hydrogen-bond acceptors (Lipinski definition) is 1. The standard InChI is InChI=1S/C12H19N3/c1-2-3-7-10-14-12(13)15-11-8-5-4-6-9-11/h4-6,8-9H,2-3,7,10H2,1H3,(H3,13,14,15). The van der Waals surface area contributed by atoms with Crippen molar-refractivity contribution < 1.29 is 0 Å². The molecule has 0 saturated carbocycles. The van der Waals surface area contributed by atoms with E-state index in [0.717, 1.165) is 18.7 Å². The summed E-state index contributed by atoms with van der Waals surface area (Å²) in [7, 11) is 0. The maximum atomic E-state index is 5.73. The van der Waals surface area contributed by atoms with Crippen molar-refractivity contribution >= 4 is 11.6 Å². The van der Waals surface area contributed by atoms with E-state index in [1.807, 2.05) is 30.3 Å². The van der Waals surface area contributed by atoms with Crippen LogP contribution in [0.25, 0.3) is 0 Å². The number of nitrogens with zero attached hydrogens (tertiary/aromatic N) is 1. The summed E-state index contributed by atoms with van der Waals surface area (Å²) in [4.78, 5) is 4.24. The lowest BCUT2D eigenvalue weighted by Gasteiger charge is -2.04. The van der Waals surface area contributed by atoms with Crippen molar-refractivity contribution in [2.75, 3.05) is 11.9 Å². The number of anilines is 1. The summed E-state index contributed by atoms with van der Waals surface area (Å²) in [6, 6.07) is 9.84. The van der Waals surface area contributed by atoms with Crippen LogP contribution in [0.4, 0.5) is 5.69 Å². The van der Waals surface area contributed by atoms with Crippen LogP contribution in [0.2, 0.25) is 0 Å². The Kier molecular flexibility index (Phi) is 5.30. The Morgan fingerprint density at radius 2 is 2.00 bits per heavy atom. The first-order chi connectivity index (χ1) is 7.33. The highest BCUT2D eigenvalue weighted by Crippen LogP contribution is 2.03. The summed E-state index contributed by atoms with van der Waals surface area (Å²) in [5.74, 6) is 0.498. The first-order valence-corrected chi connectivity index (χ1v) is 5.45. The predicted molar refractivity (Wildman–Crippen MR) is 66.1 cm³/mol. The molecule has 0 atom stereocenters. The summed E-state index contributed by atoms with van der Waals surface area (Å²) in [6.07, 6.45) is 3.53. The van der Waals surface area contributed by atoms with Gasteiger partial charge in [0.1, 0.15) is 0 Å². The molecule has 0 saturated heterocycles. The number of para-hydroxylation sites is 1. The second-order valence-electron chi connectivity index (χ2n) is 3.47. The van der Waals surface area contributed by atoms with E-state index in [4.69, 9.17) is 5.73 Å². The van der Waals surface area contributed by atoms with Crippen molar-refractivity contribution in [1.82, 2.24) is 0 Å². The lowest BCUT2D eigenvalue weighted by molar-refractivity contribution is 0.727. The highest BCUT2D eigenvalue weighted by atomic mass is 15.1. The lowest BCUT2D eigenvalue weighted by atomic mass is 10.2. The zero-order valence-corrected chi connectivity index (χ0v) is 9.24. The number of guanidine groups is 1. The van der Waals surface area contributed by atoms with E-state index in [9.17, 15) is 0 Å². The number of benzene rings is 1. The molecule has 0 spiro atoms. The number of rotatable bonds is 5. The Morgan fingerprint density at radius 3 is 2.67 bits per heavy atom. The van der Waals surface area contributed by atoms with E-state index in [2.05, 4.69) is 17.2 Å². The number of nitrogens with one attached hydrogen (secondary N) is 1. The van der Waals surface area contributed by atoms with E-state index < -0.39 is 0 Å². The van der Waals surface area contributed by atoms with Crippen molar-refractivity contribution in [3.63, 3.8) is 0 Å². The molecule has 15 heavy (non-hydrogen) atoms. The largest absolute Gasteiger partial charge is 0.370 e. The third kappa shape index (κ3) is 5.05. The van der Waals surface area contributed by atoms with Crippen molar-refractivity contribution in [2.45, 2.75) is 26.2 Å². The summed E-state index contributed by atoms with van der Waals surface area (Å²) in [5, 5.41) is 3.05. The third-order valence-corrected chi connectivity index (χ3v) is 2.09. The molecule has 1 aromatic rings. The van der Waals surface area contributed by atoms with Crippen molar-refractivity contribution in [3.8, 4) is 0 Å². The van der Waals surface area contributed by atoms with Gasteiger partial charge in [-0.1, -0.05) is 38.0 Å². The summed E-state index contributed by atoms with van der Waals surface area (Å²) in [5.41, 5.74) is 6.71. The Hall–Kier alpha value is -1.51. The van der Waals surface area contributed by atoms with Gasteiger partial charge in [0, 0.05) is 12.2 Å². The van der Waals surface area contributed by atoms with Gasteiger partial charge in [-0.3, -0.25) is 4.99 Å². The number of unbranched alkanes of at least 4 members (excludes halogenated alkanes) is 2. The van der Waals surface area contributed by atoms with Gasteiger partial charge in [-0.2, -0.15) is 0 Å². The minimum Gasteiger partial charge on any atom is -0.370 e. The first-order valence-electron chi connectivity index (χ1n) is 5.45. The fourth-order valence-corrected chi connectivity index (χ4v) is 1.27. The van der Waals surface area contributed by atoms with E-state index in [1.54, 1.807) is 0 Å². The molecule has 0 radical (unpaired) electrons. The van der Waals surface area contributed by atoms with E-state index >= 15 is 0 Å². The fraction of sp³-hybridized carbons (Fsp3) is 0.417. The fourth-order valence-electron chi connectivity index (χ4n) is 1.27. The van der Waals surface area contributed by atoms with Crippen LogP contribution in [0.5, 0.6) is 0 Å². The van der Waals surface area contributed by atoms with E-state index in [0.29, 0.717) is 5.96 Å². The smallest absolute Gasteiger partial charge is 0.193 e. The van der Waals surface area contributed by atoms with Gasteiger partial charge in [0.25, 0.3) is 0 Å². The topological polar surface area (TPSA) is 50.4 Å². The molecule has 82 valence electrons. The predicted octanol–water partition coefficient (Wildman–Crippen LogP) is 2.60. The van der Waals surface area contributed by atoms with Gasteiger partial charge in [-0.15, -0.1) is 0 Å². The molecule has 1 aromatic carbocycles. The zero-order chi connectivity index (χ0) is 10.9. The molecule has 3 nitrogen and oxygen atoms in total. The normalized spacial score (nSPS) is 11.4. The quantitative estimate of drug-likeness (QED) is 0.441. The summed E-state index contributed by atoms with van der Waals surface area (Å²) in [6.45, 7) is 2.98. The Balaban J connectivity index is 2.32. The monoisotopic (exact) mass is 205 g/mol. The molecule has 3 heteroatoms. The molecule has 0 fully saturated rings.